The molecule has 3 heterocycles. The number of thiophene rings is 1. The van der Waals surface area contributed by atoms with E-state index in [-0.39, 0.29) is 5.56 Å². The van der Waals surface area contributed by atoms with Crippen molar-refractivity contribution in [3.05, 3.63) is 87.1 Å². The average molecular weight is 402 g/mol. The summed E-state index contributed by atoms with van der Waals surface area (Å²) in [6, 6.07) is 18.3. The van der Waals surface area contributed by atoms with Crippen molar-refractivity contribution in [1.82, 2.24) is 19.7 Å². The van der Waals surface area contributed by atoms with Crippen molar-refractivity contribution >= 4 is 21.6 Å². The van der Waals surface area contributed by atoms with Gasteiger partial charge in [0, 0.05) is 5.56 Å². The first-order chi connectivity index (χ1) is 14.1. The van der Waals surface area contributed by atoms with Gasteiger partial charge in [-0.1, -0.05) is 36.4 Å². The van der Waals surface area contributed by atoms with Gasteiger partial charge >= 0.3 is 5.69 Å². The van der Waals surface area contributed by atoms with Crippen LogP contribution in [0.2, 0.25) is 0 Å². The van der Waals surface area contributed by atoms with Gasteiger partial charge in [-0.2, -0.15) is 0 Å². The first-order valence-electron chi connectivity index (χ1n) is 8.86. The van der Waals surface area contributed by atoms with Crippen molar-refractivity contribution in [3.63, 3.8) is 0 Å². The topological polar surface area (TPSA) is 93.8 Å². The summed E-state index contributed by atoms with van der Waals surface area (Å²) in [5, 5.41) is 8.70. The number of nitrogens with zero attached hydrogens (tertiary/aromatic N) is 3. The van der Waals surface area contributed by atoms with Gasteiger partial charge in [-0.05, 0) is 36.8 Å². The molecule has 1 N–H and O–H groups in total. The monoisotopic (exact) mass is 402 g/mol. The van der Waals surface area contributed by atoms with E-state index in [2.05, 4.69) is 15.2 Å². The number of H-pyrrole nitrogens is 1. The van der Waals surface area contributed by atoms with Crippen molar-refractivity contribution in [3.8, 4) is 27.9 Å². The van der Waals surface area contributed by atoms with E-state index >= 15 is 0 Å². The van der Waals surface area contributed by atoms with Crippen LogP contribution in [0.4, 0.5) is 0 Å². The number of para-hydroxylation sites is 1. The second-order valence-corrected chi connectivity index (χ2v) is 7.47. The molecule has 0 saturated carbocycles. The molecule has 5 rings (SSSR count). The van der Waals surface area contributed by atoms with Gasteiger partial charge in [-0.15, -0.1) is 21.5 Å². The van der Waals surface area contributed by atoms with Crippen LogP contribution < -0.4 is 11.2 Å². The summed E-state index contributed by atoms with van der Waals surface area (Å²) in [6.45, 7) is 1.82. The van der Waals surface area contributed by atoms with E-state index in [4.69, 9.17) is 4.42 Å². The molecule has 29 heavy (non-hydrogen) atoms. The predicted molar refractivity (Wildman–Crippen MR) is 112 cm³/mol. The van der Waals surface area contributed by atoms with Gasteiger partial charge in [0.15, 0.2) is 0 Å². The van der Waals surface area contributed by atoms with Crippen LogP contribution in [0.25, 0.3) is 38.1 Å². The number of fused-ring (bicyclic) bond motifs is 1. The van der Waals surface area contributed by atoms with Crippen LogP contribution in [0.1, 0.15) is 5.56 Å². The highest BCUT2D eigenvalue weighted by Gasteiger charge is 2.21. The molecule has 0 radical (unpaired) electrons. The molecule has 0 spiro atoms. The molecule has 0 unspecified atom stereocenters. The fourth-order valence-corrected chi connectivity index (χ4v) is 4.35. The summed E-state index contributed by atoms with van der Waals surface area (Å²) < 4.78 is 6.97. The molecule has 0 aliphatic heterocycles. The lowest BCUT2D eigenvalue weighted by Crippen LogP contribution is -2.33. The minimum Gasteiger partial charge on any atom is -0.415 e. The van der Waals surface area contributed by atoms with Crippen LogP contribution in [0.15, 0.2) is 74.7 Å². The van der Waals surface area contributed by atoms with Crippen molar-refractivity contribution in [1.29, 1.82) is 0 Å². The smallest absolute Gasteiger partial charge is 0.334 e. The van der Waals surface area contributed by atoms with Crippen molar-refractivity contribution < 1.29 is 4.42 Å². The molecule has 142 valence electrons. The molecular weight excluding hydrogens is 388 g/mol. The van der Waals surface area contributed by atoms with Crippen LogP contribution in [0.5, 0.6) is 0 Å². The second-order valence-electron chi connectivity index (χ2n) is 6.44. The molecule has 0 amide bonds. The molecular formula is C21H14N4O3S. The summed E-state index contributed by atoms with van der Waals surface area (Å²) >= 11 is 1.25. The number of nitrogens with one attached hydrogen (secondary N) is 1. The van der Waals surface area contributed by atoms with E-state index in [0.29, 0.717) is 38.1 Å². The molecule has 0 aliphatic carbocycles. The molecule has 2 aromatic carbocycles. The number of rotatable bonds is 3. The number of aromatic nitrogens is 4. The van der Waals surface area contributed by atoms with E-state index in [1.165, 1.54) is 11.3 Å². The second kappa shape index (κ2) is 6.68. The zero-order valence-electron chi connectivity index (χ0n) is 15.2. The molecule has 0 bridgehead atoms. The lowest BCUT2D eigenvalue weighted by Gasteiger charge is -2.04. The van der Waals surface area contributed by atoms with E-state index in [9.17, 15) is 9.59 Å². The summed E-state index contributed by atoms with van der Waals surface area (Å²) in [5.74, 6) is 0.710. The highest BCUT2D eigenvalue weighted by molar-refractivity contribution is 7.22. The molecule has 8 heteroatoms. The SMILES string of the molecule is Cc1c(-c2nnc(-c3ccccc3)o2)sc2[nH]c(=O)n(-c3ccccc3)c(=O)c12. The standard InChI is InChI=1S/C21H14N4O3S/c1-12-15-19(22-21(27)25(20(15)26)14-10-6-3-7-11-14)29-16(12)18-24-23-17(28-18)13-8-4-2-5-9-13/h2-11H,1H3,(H,22,27). The Kier molecular flexibility index (Phi) is 3.99. The Hall–Kier alpha value is -3.78. The van der Waals surface area contributed by atoms with E-state index in [0.717, 1.165) is 10.1 Å². The third-order valence-electron chi connectivity index (χ3n) is 4.64. The Morgan fingerprint density at radius 2 is 1.59 bits per heavy atom. The van der Waals surface area contributed by atoms with Gasteiger partial charge in [-0.25, -0.2) is 9.36 Å². The predicted octanol–water partition coefficient (Wildman–Crippen LogP) is 3.77. The van der Waals surface area contributed by atoms with E-state index in [1.807, 2.05) is 43.3 Å². The lowest BCUT2D eigenvalue weighted by molar-refractivity contribution is 0.586. The number of aryl methyl sites for hydroxylation is 1. The highest BCUT2D eigenvalue weighted by Crippen LogP contribution is 2.35. The Morgan fingerprint density at radius 3 is 2.31 bits per heavy atom. The molecule has 7 nitrogen and oxygen atoms in total. The van der Waals surface area contributed by atoms with Gasteiger partial charge in [0.05, 0.1) is 16.0 Å². The first-order valence-corrected chi connectivity index (χ1v) is 9.68. The molecule has 0 saturated heterocycles. The van der Waals surface area contributed by atoms with Gasteiger partial charge < -0.3 is 4.42 Å². The van der Waals surface area contributed by atoms with Crippen LogP contribution in [-0.4, -0.2) is 19.7 Å². The van der Waals surface area contributed by atoms with Crippen LogP contribution in [0.3, 0.4) is 0 Å². The van der Waals surface area contributed by atoms with Crippen molar-refractivity contribution in [2.24, 2.45) is 0 Å². The van der Waals surface area contributed by atoms with E-state index in [1.54, 1.807) is 24.3 Å². The molecule has 0 aliphatic rings. The Morgan fingerprint density at radius 1 is 0.931 bits per heavy atom. The minimum absolute atomic E-state index is 0.314. The van der Waals surface area contributed by atoms with Crippen LogP contribution in [-0.2, 0) is 0 Å². The van der Waals surface area contributed by atoms with Gasteiger partial charge in [0.1, 0.15) is 4.83 Å². The number of benzene rings is 2. The lowest BCUT2D eigenvalue weighted by atomic mass is 10.2. The molecule has 5 aromatic rings. The quantitative estimate of drug-likeness (QED) is 0.496. The summed E-state index contributed by atoms with van der Waals surface area (Å²) in [6.07, 6.45) is 0. The molecule has 0 fully saturated rings. The summed E-state index contributed by atoms with van der Waals surface area (Å²) in [4.78, 5) is 29.6. The molecule has 3 aromatic heterocycles. The number of hydrogen-bond acceptors (Lipinski definition) is 6. The normalized spacial score (nSPS) is 11.2. The van der Waals surface area contributed by atoms with Crippen molar-refractivity contribution in [2.45, 2.75) is 6.92 Å². The van der Waals surface area contributed by atoms with Crippen LogP contribution >= 0.6 is 11.3 Å². The number of hydrogen-bond donors (Lipinski definition) is 1. The maximum absolute atomic E-state index is 13.1. The van der Waals surface area contributed by atoms with Crippen molar-refractivity contribution in [2.75, 3.05) is 0 Å². The summed E-state index contributed by atoms with van der Waals surface area (Å²) in [5.41, 5.74) is 1.15. The third kappa shape index (κ3) is 2.81. The van der Waals surface area contributed by atoms with Gasteiger partial charge in [-0.3, -0.25) is 9.78 Å². The van der Waals surface area contributed by atoms with Gasteiger partial charge in [0.25, 0.3) is 11.4 Å². The minimum atomic E-state index is -0.489. The Labute approximate surface area is 167 Å². The fourth-order valence-electron chi connectivity index (χ4n) is 3.24. The average Bonchev–Trinajstić information content (AvgIpc) is 3.34. The van der Waals surface area contributed by atoms with E-state index < -0.39 is 5.69 Å². The maximum Gasteiger partial charge on any atom is 0.334 e. The zero-order chi connectivity index (χ0) is 20.0. The number of aromatic amines is 1. The third-order valence-corrected chi connectivity index (χ3v) is 5.84. The van der Waals surface area contributed by atoms with Crippen LogP contribution in [0, 0.1) is 6.92 Å². The fraction of sp³-hybridized carbons (Fsp3) is 0.0476. The van der Waals surface area contributed by atoms with Gasteiger partial charge in [0.2, 0.25) is 5.89 Å². The maximum atomic E-state index is 13.1. The largest absolute Gasteiger partial charge is 0.415 e. The molecule has 0 atom stereocenters. The first kappa shape index (κ1) is 17.3. The Balaban J connectivity index is 1.69. The highest BCUT2D eigenvalue weighted by atomic mass is 32.1. The zero-order valence-corrected chi connectivity index (χ0v) is 16.1. The Bertz CT molecular complexity index is 1450. The summed E-state index contributed by atoms with van der Waals surface area (Å²) in [7, 11) is 0.